The van der Waals surface area contributed by atoms with Crippen molar-refractivity contribution in [2.24, 2.45) is 0 Å². The van der Waals surface area contributed by atoms with Crippen LogP contribution in [0.1, 0.15) is 12.5 Å². The topological polar surface area (TPSA) is 21.3 Å². The summed E-state index contributed by atoms with van der Waals surface area (Å²) >= 11 is 5.83. The number of halogens is 3. The van der Waals surface area contributed by atoms with Gasteiger partial charge in [-0.3, -0.25) is 0 Å². The monoisotopic (exact) mass is 297 g/mol. The van der Waals surface area contributed by atoms with Crippen LogP contribution in [-0.4, -0.2) is 6.61 Å². The van der Waals surface area contributed by atoms with Crippen LogP contribution in [0.2, 0.25) is 5.02 Å². The highest BCUT2D eigenvalue weighted by Crippen LogP contribution is 2.26. The van der Waals surface area contributed by atoms with Crippen LogP contribution >= 0.6 is 11.6 Å². The number of ether oxygens (including phenoxy) is 1. The number of nitrogens with one attached hydrogen (secondary N) is 1. The molecule has 0 saturated heterocycles. The van der Waals surface area contributed by atoms with E-state index in [9.17, 15) is 8.78 Å². The zero-order chi connectivity index (χ0) is 14.5. The van der Waals surface area contributed by atoms with Gasteiger partial charge in [0.25, 0.3) is 0 Å². The van der Waals surface area contributed by atoms with Gasteiger partial charge in [-0.25, -0.2) is 8.78 Å². The maximum absolute atomic E-state index is 13.6. The number of rotatable bonds is 5. The van der Waals surface area contributed by atoms with Gasteiger partial charge in [-0.2, -0.15) is 0 Å². The van der Waals surface area contributed by atoms with Gasteiger partial charge in [0.1, 0.15) is 17.4 Å². The molecule has 0 aliphatic heterocycles. The first-order valence-electron chi connectivity index (χ1n) is 6.20. The number of hydrogen-bond acceptors (Lipinski definition) is 2. The Balaban J connectivity index is 2.16. The van der Waals surface area contributed by atoms with Crippen molar-refractivity contribution in [1.29, 1.82) is 0 Å². The molecule has 0 unspecified atom stereocenters. The van der Waals surface area contributed by atoms with Crippen molar-refractivity contribution in [2.45, 2.75) is 13.5 Å². The standard InChI is InChI=1S/C15H14ClF2NO/c1-2-20-15-8-12(17)4-6-14(15)19-9-10-7-11(16)3-5-13(10)18/h3-8,19H,2,9H2,1H3. The first kappa shape index (κ1) is 14.6. The number of hydrogen-bond donors (Lipinski definition) is 1. The average molecular weight is 298 g/mol. The Morgan fingerprint density at radius 2 is 1.95 bits per heavy atom. The van der Waals surface area contributed by atoms with Crippen molar-refractivity contribution in [3.05, 3.63) is 58.6 Å². The van der Waals surface area contributed by atoms with Gasteiger partial charge in [0.05, 0.1) is 12.3 Å². The van der Waals surface area contributed by atoms with E-state index in [-0.39, 0.29) is 18.2 Å². The molecule has 0 heterocycles. The fraction of sp³-hybridized carbons (Fsp3) is 0.200. The average Bonchev–Trinajstić information content (AvgIpc) is 2.42. The van der Waals surface area contributed by atoms with E-state index in [0.717, 1.165) is 0 Å². The van der Waals surface area contributed by atoms with Gasteiger partial charge >= 0.3 is 0 Å². The fourth-order valence-electron chi connectivity index (χ4n) is 1.79. The molecule has 5 heteroatoms. The van der Waals surface area contributed by atoms with E-state index in [0.29, 0.717) is 28.6 Å². The van der Waals surface area contributed by atoms with Crippen LogP contribution in [0, 0.1) is 11.6 Å². The van der Waals surface area contributed by atoms with E-state index in [2.05, 4.69) is 5.32 Å². The molecule has 0 fully saturated rings. The molecule has 2 aromatic rings. The second-order valence-corrected chi connectivity index (χ2v) is 4.60. The lowest BCUT2D eigenvalue weighted by Crippen LogP contribution is -2.04. The van der Waals surface area contributed by atoms with Crippen molar-refractivity contribution in [3.63, 3.8) is 0 Å². The summed E-state index contributed by atoms with van der Waals surface area (Å²) in [5.41, 5.74) is 1.04. The maximum Gasteiger partial charge on any atom is 0.145 e. The summed E-state index contributed by atoms with van der Waals surface area (Å²) < 4.78 is 32.1. The lowest BCUT2D eigenvalue weighted by Gasteiger charge is -2.13. The van der Waals surface area contributed by atoms with E-state index in [4.69, 9.17) is 16.3 Å². The maximum atomic E-state index is 13.6. The number of anilines is 1. The Morgan fingerprint density at radius 3 is 2.70 bits per heavy atom. The van der Waals surface area contributed by atoms with Crippen LogP contribution in [-0.2, 0) is 6.54 Å². The summed E-state index contributed by atoms with van der Waals surface area (Å²) in [6.45, 7) is 2.47. The van der Waals surface area contributed by atoms with Crippen LogP contribution < -0.4 is 10.1 Å². The molecule has 2 rings (SSSR count). The Kier molecular flexibility index (Phi) is 4.79. The van der Waals surface area contributed by atoms with Crippen molar-refractivity contribution in [2.75, 3.05) is 11.9 Å². The van der Waals surface area contributed by atoms with E-state index in [1.165, 1.54) is 24.3 Å². The summed E-state index contributed by atoms with van der Waals surface area (Å²) in [6, 6.07) is 8.52. The van der Waals surface area contributed by atoms with Crippen molar-refractivity contribution >= 4 is 17.3 Å². The summed E-state index contributed by atoms with van der Waals surface area (Å²) in [6.07, 6.45) is 0. The highest BCUT2D eigenvalue weighted by atomic mass is 35.5. The lowest BCUT2D eigenvalue weighted by molar-refractivity contribution is 0.339. The zero-order valence-corrected chi connectivity index (χ0v) is 11.7. The first-order chi connectivity index (χ1) is 9.60. The molecule has 0 saturated carbocycles. The SMILES string of the molecule is CCOc1cc(F)ccc1NCc1cc(Cl)ccc1F. The van der Waals surface area contributed by atoms with Gasteiger partial charge in [-0.15, -0.1) is 0 Å². The Hall–Kier alpha value is -1.81. The van der Waals surface area contributed by atoms with Crippen molar-refractivity contribution in [3.8, 4) is 5.75 Å². The van der Waals surface area contributed by atoms with Gasteiger partial charge in [-0.1, -0.05) is 11.6 Å². The Labute approximate surface area is 121 Å². The largest absolute Gasteiger partial charge is 0.492 e. The van der Waals surface area contributed by atoms with Crippen LogP contribution in [0.4, 0.5) is 14.5 Å². The van der Waals surface area contributed by atoms with Gasteiger partial charge in [0, 0.05) is 23.2 Å². The van der Waals surface area contributed by atoms with Gasteiger partial charge in [0.2, 0.25) is 0 Å². The molecule has 106 valence electrons. The molecule has 20 heavy (non-hydrogen) atoms. The quantitative estimate of drug-likeness (QED) is 0.869. The fourth-order valence-corrected chi connectivity index (χ4v) is 1.98. The van der Waals surface area contributed by atoms with Crippen LogP contribution in [0.3, 0.4) is 0 Å². The molecule has 0 amide bonds. The predicted molar refractivity (Wildman–Crippen MR) is 76.3 cm³/mol. The molecule has 0 radical (unpaired) electrons. The molecular weight excluding hydrogens is 284 g/mol. The van der Waals surface area contributed by atoms with E-state index in [1.54, 1.807) is 12.1 Å². The lowest BCUT2D eigenvalue weighted by atomic mass is 10.2. The Bertz CT molecular complexity index is 604. The number of benzene rings is 2. The van der Waals surface area contributed by atoms with Crippen LogP contribution in [0.5, 0.6) is 5.75 Å². The minimum Gasteiger partial charge on any atom is -0.492 e. The van der Waals surface area contributed by atoms with Crippen molar-refractivity contribution < 1.29 is 13.5 Å². The minimum atomic E-state index is -0.382. The van der Waals surface area contributed by atoms with Crippen LogP contribution in [0.25, 0.3) is 0 Å². The van der Waals surface area contributed by atoms with E-state index < -0.39 is 0 Å². The molecule has 0 atom stereocenters. The third-order valence-corrected chi connectivity index (χ3v) is 2.96. The van der Waals surface area contributed by atoms with E-state index >= 15 is 0 Å². The summed E-state index contributed by atoms with van der Waals surface area (Å²) in [4.78, 5) is 0. The van der Waals surface area contributed by atoms with Gasteiger partial charge in [-0.05, 0) is 37.3 Å². The molecule has 0 aliphatic rings. The molecule has 0 spiro atoms. The summed E-state index contributed by atoms with van der Waals surface area (Å²) in [5, 5.41) is 3.48. The normalized spacial score (nSPS) is 10.4. The molecule has 2 aromatic carbocycles. The summed E-state index contributed by atoms with van der Waals surface area (Å²) in [7, 11) is 0. The molecule has 0 aliphatic carbocycles. The molecule has 1 N–H and O–H groups in total. The van der Waals surface area contributed by atoms with Gasteiger partial charge in [0.15, 0.2) is 0 Å². The zero-order valence-electron chi connectivity index (χ0n) is 10.9. The second kappa shape index (κ2) is 6.57. The molecule has 0 aromatic heterocycles. The third kappa shape index (κ3) is 3.61. The van der Waals surface area contributed by atoms with Gasteiger partial charge < -0.3 is 10.1 Å². The third-order valence-electron chi connectivity index (χ3n) is 2.72. The first-order valence-corrected chi connectivity index (χ1v) is 6.58. The molecule has 2 nitrogen and oxygen atoms in total. The second-order valence-electron chi connectivity index (χ2n) is 4.16. The molecular formula is C15H14ClF2NO. The Morgan fingerprint density at radius 1 is 1.15 bits per heavy atom. The summed E-state index contributed by atoms with van der Waals surface area (Å²) in [5.74, 6) is -0.329. The van der Waals surface area contributed by atoms with E-state index in [1.807, 2.05) is 6.92 Å². The predicted octanol–water partition coefficient (Wildman–Crippen LogP) is 4.63. The van der Waals surface area contributed by atoms with Crippen LogP contribution in [0.15, 0.2) is 36.4 Å². The smallest absolute Gasteiger partial charge is 0.145 e. The molecule has 0 bridgehead atoms. The van der Waals surface area contributed by atoms with Crippen molar-refractivity contribution in [1.82, 2.24) is 0 Å². The minimum absolute atomic E-state index is 0.234. The highest BCUT2D eigenvalue weighted by molar-refractivity contribution is 6.30. The highest BCUT2D eigenvalue weighted by Gasteiger charge is 2.07.